The molecule has 7 heteroatoms. The molecular weight excluding hydrogens is 332 g/mol. The first-order chi connectivity index (χ1) is 12.7. The minimum Gasteiger partial charge on any atom is -0.491 e. The van der Waals surface area contributed by atoms with Crippen LogP contribution in [0.1, 0.15) is 35.8 Å². The largest absolute Gasteiger partial charge is 0.491 e. The van der Waals surface area contributed by atoms with Gasteiger partial charge in [0.1, 0.15) is 18.1 Å². The molecule has 4 rings (SSSR count). The van der Waals surface area contributed by atoms with Crippen molar-refractivity contribution >= 4 is 17.5 Å². The average molecular weight is 354 g/mol. The third-order valence-electron chi connectivity index (χ3n) is 4.78. The summed E-state index contributed by atoms with van der Waals surface area (Å²) in [5.41, 5.74) is 2.22. The topological polar surface area (TPSA) is 76.5 Å². The molecule has 2 aliphatic rings. The molecule has 2 heterocycles. The lowest BCUT2D eigenvalue weighted by Gasteiger charge is -2.20. The Hall–Kier alpha value is -2.83. The quantitative estimate of drug-likeness (QED) is 0.914. The lowest BCUT2D eigenvalue weighted by molar-refractivity contribution is -0.117. The predicted octanol–water partition coefficient (Wildman–Crippen LogP) is 2.29. The number of anilines is 1. The molecule has 0 bridgehead atoms. The number of aromatic nitrogens is 2. The molecule has 2 aromatic rings. The molecule has 7 nitrogen and oxygen atoms in total. The maximum Gasteiger partial charge on any atom is 0.272 e. The number of nitrogens with one attached hydrogen (secondary N) is 1. The monoisotopic (exact) mass is 354 g/mol. The van der Waals surface area contributed by atoms with Crippen molar-refractivity contribution in [2.45, 2.75) is 32.9 Å². The summed E-state index contributed by atoms with van der Waals surface area (Å²) in [6, 6.07) is 7.36. The predicted molar refractivity (Wildman–Crippen MR) is 95.9 cm³/mol. The Morgan fingerprint density at radius 3 is 2.92 bits per heavy atom. The van der Waals surface area contributed by atoms with E-state index in [2.05, 4.69) is 10.4 Å². The average Bonchev–Trinajstić information content (AvgIpc) is 3.42. The summed E-state index contributed by atoms with van der Waals surface area (Å²) in [7, 11) is 0. The van der Waals surface area contributed by atoms with Gasteiger partial charge in [-0.3, -0.25) is 14.3 Å². The summed E-state index contributed by atoms with van der Waals surface area (Å²) in [4.78, 5) is 26.7. The molecule has 1 aromatic heterocycles. The molecule has 0 spiro atoms. The Morgan fingerprint density at radius 1 is 1.31 bits per heavy atom. The van der Waals surface area contributed by atoms with Crippen LogP contribution in [0, 0.1) is 5.92 Å². The van der Waals surface area contributed by atoms with Crippen LogP contribution in [0.5, 0.6) is 5.75 Å². The van der Waals surface area contributed by atoms with Gasteiger partial charge in [0.25, 0.3) is 5.91 Å². The van der Waals surface area contributed by atoms with Gasteiger partial charge in [-0.15, -0.1) is 0 Å². The first-order valence-electron chi connectivity index (χ1n) is 9.03. The summed E-state index contributed by atoms with van der Waals surface area (Å²) in [6.07, 6.45) is 3.57. The van der Waals surface area contributed by atoms with Crippen LogP contribution in [0.3, 0.4) is 0 Å². The Balaban J connectivity index is 1.54. The highest BCUT2D eigenvalue weighted by molar-refractivity contribution is 5.94. The van der Waals surface area contributed by atoms with Crippen LogP contribution in [-0.2, 0) is 17.9 Å². The van der Waals surface area contributed by atoms with E-state index in [0.717, 1.165) is 29.8 Å². The van der Waals surface area contributed by atoms with E-state index < -0.39 is 0 Å². The van der Waals surface area contributed by atoms with Crippen LogP contribution >= 0.6 is 0 Å². The van der Waals surface area contributed by atoms with Crippen LogP contribution in [-0.4, -0.2) is 39.6 Å². The van der Waals surface area contributed by atoms with E-state index in [1.807, 2.05) is 25.1 Å². The van der Waals surface area contributed by atoms with E-state index >= 15 is 0 Å². The maximum atomic E-state index is 12.9. The second-order valence-electron chi connectivity index (χ2n) is 6.69. The van der Waals surface area contributed by atoms with Gasteiger partial charge in [0.15, 0.2) is 0 Å². The highest BCUT2D eigenvalue weighted by Gasteiger charge is 2.30. The zero-order valence-electron chi connectivity index (χ0n) is 14.8. The fourth-order valence-corrected chi connectivity index (χ4v) is 3.16. The van der Waals surface area contributed by atoms with Crippen molar-refractivity contribution < 1.29 is 14.3 Å². The Kier molecular flexibility index (Phi) is 4.36. The number of amides is 2. The lowest BCUT2D eigenvalue weighted by Crippen LogP contribution is -2.34. The summed E-state index contributed by atoms with van der Waals surface area (Å²) in [5.74, 6) is 0.915. The van der Waals surface area contributed by atoms with E-state index in [9.17, 15) is 9.59 Å². The van der Waals surface area contributed by atoms with Gasteiger partial charge in [0.05, 0.1) is 6.54 Å². The second kappa shape index (κ2) is 6.82. The first kappa shape index (κ1) is 16.6. The number of nitrogens with zero attached hydrogens (tertiary/aromatic N) is 3. The zero-order valence-corrected chi connectivity index (χ0v) is 14.8. The van der Waals surface area contributed by atoms with Crippen molar-refractivity contribution in [3.63, 3.8) is 0 Å². The molecule has 1 saturated carbocycles. The Labute approximate surface area is 151 Å². The van der Waals surface area contributed by atoms with Crippen LogP contribution in [0.4, 0.5) is 5.69 Å². The fraction of sp³-hybridized carbons (Fsp3) is 0.421. The number of carbonyl (C=O) groups is 2. The van der Waals surface area contributed by atoms with Gasteiger partial charge in [-0.25, -0.2) is 0 Å². The molecule has 1 fully saturated rings. The van der Waals surface area contributed by atoms with Gasteiger partial charge >= 0.3 is 0 Å². The van der Waals surface area contributed by atoms with Crippen LogP contribution < -0.4 is 10.1 Å². The molecule has 1 aliphatic heterocycles. The van der Waals surface area contributed by atoms with E-state index in [4.69, 9.17) is 4.74 Å². The van der Waals surface area contributed by atoms with E-state index in [1.165, 1.54) is 0 Å². The molecule has 1 aromatic carbocycles. The summed E-state index contributed by atoms with van der Waals surface area (Å²) in [6.45, 7) is 3.99. The lowest BCUT2D eigenvalue weighted by atomic mass is 10.1. The minimum atomic E-state index is -0.0618. The van der Waals surface area contributed by atoms with E-state index in [1.54, 1.807) is 21.8 Å². The Bertz CT molecular complexity index is 841. The number of hydrogen-bond acceptors (Lipinski definition) is 4. The van der Waals surface area contributed by atoms with Gasteiger partial charge < -0.3 is 15.0 Å². The molecular formula is C19H22N4O3. The molecule has 136 valence electrons. The molecule has 0 radical (unpaired) electrons. The Morgan fingerprint density at radius 2 is 2.15 bits per heavy atom. The number of fused-ring (bicyclic) bond motifs is 1. The summed E-state index contributed by atoms with van der Waals surface area (Å²) >= 11 is 0. The third kappa shape index (κ3) is 3.29. The van der Waals surface area contributed by atoms with Crippen molar-refractivity contribution in [2.24, 2.45) is 5.92 Å². The minimum absolute atomic E-state index is 0.0618. The van der Waals surface area contributed by atoms with Gasteiger partial charge in [-0.1, -0.05) is 0 Å². The van der Waals surface area contributed by atoms with Crippen molar-refractivity contribution in [2.75, 3.05) is 18.5 Å². The number of aryl methyl sites for hydroxylation is 1. The van der Waals surface area contributed by atoms with Crippen molar-refractivity contribution in [1.82, 2.24) is 14.7 Å². The second-order valence-corrected chi connectivity index (χ2v) is 6.69. The molecule has 2 amide bonds. The van der Waals surface area contributed by atoms with Gasteiger partial charge in [0.2, 0.25) is 5.91 Å². The molecule has 0 unspecified atom stereocenters. The first-order valence-corrected chi connectivity index (χ1v) is 9.03. The van der Waals surface area contributed by atoms with E-state index in [0.29, 0.717) is 31.9 Å². The molecule has 0 atom stereocenters. The van der Waals surface area contributed by atoms with Gasteiger partial charge in [0, 0.05) is 36.5 Å². The van der Waals surface area contributed by atoms with Gasteiger partial charge in [-0.2, -0.15) is 5.10 Å². The van der Waals surface area contributed by atoms with E-state index in [-0.39, 0.29) is 17.7 Å². The molecule has 1 N–H and O–H groups in total. The summed E-state index contributed by atoms with van der Waals surface area (Å²) < 4.78 is 7.49. The number of ether oxygens (including phenoxy) is 1. The maximum absolute atomic E-state index is 12.9. The molecule has 1 aliphatic carbocycles. The van der Waals surface area contributed by atoms with Crippen LogP contribution in [0.15, 0.2) is 30.5 Å². The van der Waals surface area contributed by atoms with Crippen LogP contribution in [0.25, 0.3) is 0 Å². The normalized spacial score (nSPS) is 16.4. The third-order valence-corrected chi connectivity index (χ3v) is 4.78. The number of benzene rings is 1. The standard InChI is InChI=1S/C19H22N4O3/c1-2-23-16(7-8-20-23)19(25)22-9-10-26-17-6-5-15(11-14(17)12-22)21-18(24)13-3-4-13/h5-8,11,13H,2-4,9-10,12H2,1H3,(H,21,24). The zero-order chi connectivity index (χ0) is 18.1. The SMILES string of the molecule is CCn1nccc1C(=O)N1CCOc2ccc(NC(=O)C3CC3)cc2C1. The number of hydrogen-bond donors (Lipinski definition) is 1. The molecule has 26 heavy (non-hydrogen) atoms. The smallest absolute Gasteiger partial charge is 0.272 e. The summed E-state index contributed by atoms with van der Waals surface area (Å²) in [5, 5.41) is 7.13. The number of rotatable bonds is 4. The van der Waals surface area contributed by atoms with Crippen molar-refractivity contribution in [1.29, 1.82) is 0 Å². The number of carbonyl (C=O) groups excluding carboxylic acids is 2. The fourth-order valence-electron chi connectivity index (χ4n) is 3.16. The molecule has 0 saturated heterocycles. The van der Waals surface area contributed by atoms with Crippen molar-refractivity contribution in [3.05, 3.63) is 41.7 Å². The highest BCUT2D eigenvalue weighted by atomic mass is 16.5. The van der Waals surface area contributed by atoms with Gasteiger partial charge in [-0.05, 0) is 44.0 Å². The van der Waals surface area contributed by atoms with Crippen molar-refractivity contribution in [3.8, 4) is 5.75 Å². The van der Waals surface area contributed by atoms with Crippen LogP contribution in [0.2, 0.25) is 0 Å². The highest BCUT2D eigenvalue weighted by Crippen LogP contribution is 2.32.